The van der Waals surface area contributed by atoms with Crippen molar-refractivity contribution >= 4 is 29.7 Å². The van der Waals surface area contributed by atoms with Crippen molar-refractivity contribution in [2.45, 2.75) is 114 Å². The zero-order chi connectivity index (χ0) is 27.9. The highest BCUT2D eigenvalue weighted by Crippen LogP contribution is 2.36. The van der Waals surface area contributed by atoms with Crippen LogP contribution in [0.2, 0.25) is 0 Å². The number of fused-ring (bicyclic) bond motifs is 1. The summed E-state index contributed by atoms with van der Waals surface area (Å²) < 4.78 is 0. The van der Waals surface area contributed by atoms with Gasteiger partial charge in [-0.1, -0.05) is 19.3 Å². The fourth-order valence-corrected chi connectivity index (χ4v) is 6.94. The highest BCUT2D eigenvalue weighted by Gasteiger charge is 2.44. The Morgan fingerprint density at radius 3 is 2.10 bits per heavy atom. The molecule has 0 aromatic carbocycles. The lowest BCUT2D eigenvalue weighted by Crippen LogP contribution is -2.49. The summed E-state index contributed by atoms with van der Waals surface area (Å²) in [6.45, 7) is -0.0809. The lowest BCUT2D eigenvalue weighted by atomic mass is 9.75. The van der Waals surface area contributed by atoms with Crippen molar-refractivity contribution in [1.29, 1.82) is 0 Å². The number of nitrogens with one attached hydrogen (secondary N) is 3. The first-order valence-corrected chi connectivity index (χ1v) is 14.8. The summed E-state index contributed by atoms with van der Waals surface area (Å²) in [4.78, 5) is 65.2. The molecule has 11 nitrogen and oxygen atoms in total. The quantitative estimate of drug-likeness (QED) is 0.365. The zero-order valence-corrected chi connectivity index (χ0v) is 23.2. The van der Waals surface area contributed by atoms with Gasteiger partial charge in [0.05, 0.1) is 18.9 Å². The Bertz CT molecular complexity index is 914. The highest BCUT2D eigenvalue weighted by atomic mass is 16.4. The van der Waals surface area contributed by atoms with Gasteiger partial charge < -0.3 is 30.9 Å². The van der Waals surface area contributed by atoms with E-state index in [0.29, 0.717) is 19.3 Å². The molecule has 0 radical (unpaired) electrons. The summed E-state index contributed by atoms with van der Waals surface area (Å²) in [6.07, 6.45) is 11.1. The molecule has 4 rings (SSSR count). The topological polar surface area (TPSA) is 148 Å². The van der Waals surface area contributed by atoms with Crippen LogP contribution in [0.4, 0.5) is 4.79 Å². The second-order valence-electron chi connectivity index (χ2n) is 12.0. The van der Waals surface area contributed by atoms with E-state index in [1.54, 1.807) is 11.9 Å². The van der Waals surface area contributed by atoms with Crippen molar-refractivity contribution in [3.8, 4) is 0 Å². The molecule has 11 heteroatoms. The van der Waals surface area contributed by atoms with Crippen LogP contribution < -0.4 is 16.0 Å². The molecule has 0 aromatic heterocycles. The Labute approximate surface area is 230 Å². The normalized spacial score (nSPS) is 30.2. The van der Waals surface area contributed by atoms with E-state index in [-0.39, 0.29) is 73.3 Å². The van der Waals surface area contributed by atoms with Gasteiger partial charge in [0.25, 0.3) is 0 Å². The number of carboxylic acid groups (broad SMARTS) is 1. The van der Waals surface area contributed by atoms with Gasteiger partial charge in [0.1, 0.15) is 0 Å². The van der Waals surface area contributed by atoms with Crippen molar-refractivity contribution in [2.75, 3.05) is 20.1 Å². The van der Waals surface area contributed by atoms with Gasteiger partial charge in [-0.2, -0.15) is 0 Å². The minimum absolute atomic E-state index is 0.0156. The second-order valence-corrected chi connectivity index (χ2v) is 12.0. The predicted molar refractivity (Wildman–Crippen MR) is 144 cm³/mol. The van der Waals surface area contributed by atoms with E-state index >= 15 is 0 Å². The first-order chi connectivity index (χ1) is 18.7. The minimum Gasteiger partial charge on any atom is -0.481 e. The lowest BCUT2D eigenvalue weighted by molar-refractivity contribution is -0.141. The molecule has 1 saturated heterocycles. The van der Waals surface area contributed by atoms with Gasteiger partial charge in [-0.25, -0.2) is 4.79 Å². The zero-order valence-electron chi connectivity index (χ0n) is 23.2. The molecule has 4 fully saturated rings. The van der Waals surface area contributed by atoms with Gasteiger partial charge in [0, 0.05) is 44.2 Å². The number of carbonyl (C=O) groups is 5. The first-order valence-electron chi connectivity index (χ1n) is 14.8. The molecule has 4 aliphatic rings. The van der Waals surface area contributed by atoms with Gasteiger partial charge in [-0.05, 0) is 63.7 Å². The highest BCUT2D eigenvalue weighted by molar-refractivity contribution is 5.89. The number of aliphatic carboxylic acids is 1. The molecular weight excluding hydrogens is 502 g/mol. The molecule has 39 heavy (non-hydrogen) atoms. The molecular formula is C28H45N5O6. The Balaban J connectivity index is 1.21. The van der Waals surface area contributed by atoms with E-state index in [1.807, 2.05) is 0 Å². The molecule has 0 bridgehead atoms. The Morgan fingerprint density at radius 2 is 1.46 bits per heavy atom. The molecule has 5 amide bonds. The smallest absolute Gasteiger partial charge is 0.315 e. The summed E-state index contributed by atoms with van der Waals surface area (Å²) in [5, 5.41) is 18.4. The third-order valence-electron chi connectivity index (χ3n) is 9.21. The van der Waals surface area contributed by atoms with Crippen LogP contribution in [0.1, 0.15) is 89.9 Å². The fraction of sp³-hybridized carbons (Fsp3) is 0.821. The Morgan fingerprint density at radius 1 is 0.846 bits per heavy atom. The molecule has 1 aliphatic heterocycles. The number of carboxylic acids is 1. The SMILES string of the molecule is CN1C(=O)CN(CCC(=O)O)C(=O)C2CC(CC(=O)NC3CCC(NC(=O)NC4CCCCC4)CC3)CCC21. The van der Waals surface area contributed by atoms with Gasteiger partial charge in [0.15, 0.2) is 0 Å². The van der Waals surface area contributed by atoms with E-state index in [4.69, 9.17) is 5.11 Å². The van der Waals surface area contributed by atoms with Crippen LogP contribution >= 0.6 is 0 Å². The third-order valence-corrected chi connectivity index (χ3v) is 9.21. The molecule has 3 saturated carbocycles. The molecule has 0 spiro atoms. The van der Waals surface area contributed by atoms with Gasteiger partial charge in [-0.3, -0.25) is 19.2 Å². The third kappa shape index (κ3) is 8.08. The number of rotatable bonds is 8. The standard InChI is InChI=1S/C28H45N5O6/c1-32-23-12-7-18(15-22(23)27(38)33(17-25(32)35)14-13-26(36)37)16-24(34)29-20-8-10-21(11-9-20)31-28(39)30-19-5-3-2-4-6-19/h18-23H,2-17H2,1H3,(H,29,34)(H,36,37)(H2,30,31,39). The molecule has 3 atom stereocenters. The predicted octanol–water partition coefficient (Wildman–Crippen LogP) is 2.00. The number of likely N-dealkylation sites (N-methyl/N-ethyl adjacent to an activating group) is 1. The maximum absolute atomic E-state index is 13.3. The molecule has 0 aromatic rings. The van der Waals surface area contributed by atoms with Crippen LogP contribution in [-0.4, -0.2) is 88.9 Å². The monoisotopic (exact) mass is 547 g/mol. The van der Waals surface area contributed by atoms with Crippen molar-refractivity contribution in [2.24, 2.45) is 11.8 Å². The summed E-state index contributed by atoms with van der Waals surface area (Å²) in [7, 11) is 1.71. The number of urea groups is 1. The van der Waals surface area contributed by atoms with E-state index in [2.05, 4.69) is 16.0 Å². The fourth-order valence-electron chi connectivity index (χ4n) is 6.94. The van der Waals surface area contributed by atoms with Crippen molar-refractivity contribution < 1.29 is 29.1 Å². The molecule has 218 valence electrons. The van der Waals surface area contributed by atoms with Gasteiger partial charge >= 0.3 is 12.0 Å². The lowest BCUT2D eigenvalue weighted by Gasteiger charge is -2.38. The first kappa shape index (κ1) is 29.1. The van der Waals surface area contributed by atoms with E-state index in [1.165, 1.54) is 24.2 Å². The molecule has 3 aliphatic carbocycles. The van der Waals surface area contributed by atoms with Crippen molar-refractivity contribution in [1.82, 2.24) is 25.8 Å². The van der Waals surface area contributed by atoms with E-state index in [0.717, 1.165) is 44.9 Å². The number of amides is 5. The number of hydrogen-bond acceptors (Lipinski definition) is 5. The molecule has 4 N–H and O–H groups in total. The maximum atomic E-state index is 13.3. The van der Waals surface area contributed by atoms with Gasteiger partial charge in [-0.15, -0.1) is 0 Å². The summed E-state index contributed by atoms with van der Waals surface area (Å²) >= 11 is 0. The van der Waals surface area contributed by atoms with Crippen molar-refractivity contribution in [3.05, 3.63) is 0 Å². The maximum Gasteiger partial charge on any atom is 0.315 e. The van der Waals surface area contributed by atoms with E-state index < -0.39 is 11.9 Å². The average molecular weight is 548 g/mol. The van der Waals surface area contributed by atoms with Crippen LogP contribution in [0.15, 0.2) is 0 Å². The van der Waals surface area contributed by atoms with Crippen LogP contribution in [0.3, 0.4) is 0 Å². The Hall–Kier alpha value is -2.85. The van der Waals surface area contributed by atoms with Crippen molar-refractivity contribution in [3.63, 3.8) is 0 Å². The Kier molecular flexibility index (Phi) is 10.1. The van der Waals surface area contributed by atoms with E-state index in [9.17, 15) is 24.0 Å². The summed E-state index contributed by atoms with van der Waals surface area (Å²) in [5.74, 6) is -1.74. The largest absolute Gasteiger partial charge is 0.481 e. The second kappa shape index (κ2) is 13.5. The average Bonchev–Trinajstić information content (AvgIpc) is 2.99. The minimum atomic E-state index is -1.00. The number of hydrogen-bond donors (Lipinski definition) is 4. The van der Waals surface area contributed by atoms with Crippen LogP contribution in [0, 0.1) is 11.8 Å². The summed E-state index contributed by atoms with van der Waals surface area (Å²) in [6, 6.07) is 0.209. The van der Waals surface area contributed by atoms with Crippen LogP contribution in [0.25, 0.3) is 0 Å². The summed E-state index contributed by atoms with van der Waals surface area (Å²) in [5.41, 5.74) is 0. The molecule has 1 heterocycles. The van der Waals surface area contributed by atoms with Crippen LogP contribution in [-0.2, 0) is 19.2 Å². The number of nitrogens with zero attached hydrogens (tertiary/aromatic N) is 2. The van der Waals surface area contributed by atoms with Crippen LogP contribution in [0.5, 0.6) is 0 Å². The van der Waals surface area contributed by atoms with Gasteiger partial charge in [0.2, 0.25) is 17.7 Å². The molecule has 3 unspecified atom stereocenters. The number of carbonyl (C=O) groups excluding carboxylic acids is 4.